The van der Waals surface area contributed by atoms with Crippen molar-refractivity contribution in [2.24, 2.45) is 0 Å². The van der Waals surface area contributed by atoms with Gasteiger partial charge in [0, 0.05) is 5.56 Å². The molecule has 14 heavy (non-hydrogen) atoms. The minimum absolute atomic E-state index is 0.267. The summed E-state index contributed by atoms with van der Waals surface area (Å²) in [6.45, 7) is -0.318. The van der Waals surface area contributed by atoms with Crippen LogP contribution in [0, 0.1) is 17.1 Å². The van der Waals surface area contributed by atoms with Gasteiger partial charge in [0.15, 0.2) is 0 Å². The summed E-state index contributed by atoms with van der Waals surface area (Å²) in [7, 11) is 0. The lowest BCUT2D eigenvalue weighted by Gasteiger charge is -1.98. The van der Waals surface area contributed by atoms with Crippen LogP contribution in [-0.2, 0) is 6.61 Å². The first kappa shape index (κ1) is 9.13. The lowest BCUT2D eigenvalue weighted by Crippen LogP contribution is -1.88. The molecule has 2 rings (SSSR count). The number of nitriles is 1. The molecule has 0 spiro atoms. The van der Waals surface area contributed by atoms with Crippen LogP contribution in [0.5, 0.6) is 0 Å². The van der Waals surface area contributed by atoms with Crippen molar-refractivity contribution in [3.05, 3.63) is 34.5 Å². The highest BCUT2D eigenvalue weighted by Gasteiger charge is 2.09. The zero-order valence-corrected chi connectivity index (χ0v) is 7.94. The van der Waals surface area contributed by atoms with Crippen LogP contribution < -0.4 is 0 Å². The number of benzene rings is 1. The van der Waals surface area contributed by atoms with Crippen LogP contribution in [0.4, 0.5) is 4.39 Å². The lowest BCUT2D eigenvalue weighted by molar-refractivity contribution is 0.276. The van der Waals surface area contributed by atoms with E-state index in [1.165, 1.54) is 6.07 Å². The van der Waals surface area contributed by atoms with E-state index < -0.39 is 5.82 Å². The summed E-state index contributed by atoms with van der Waals surface area (Å²) in [5.41, 5.74) is 0.267. The monoisotopic (exact) mass is 207 g/mol. The van der Waals surface area contributed by atoms with Crippen LogP contribution in [-0.4, -0.2) is 5.11 Å². The summed E-state index contributed by atoms with van der Waals surface area (Å²) in [5, 5.41) is 18.2. The third-order valence-electron chi connectivity index (χ3n) is 1.99. The molecule has 4 heteroatoms. The van der Waals surface area contributed by atoms with E-state index in [-0.39, 0.29) is 12.2 Å². The number of thiophene rings is 1. The number of hydrogen-bond acceptors (Lipinski definition) is 3. The predicted molar refractivity (Wildman–Crippen MR) is 52.4 cm³/mol. The minimum atomic E-state index is -0.420. The molecule has 0 saturated heterocycles. The van der Waals surface area contributed by atoms with Crippen molar-refractivity contribution in [3.8, 4) is 6.07 Å². The van der Waals surface area contributed by atoms with Crippen LogP contribution in [0.3, 0.4) is 0 Å². The Morgan fingerprint density at radius 1 is 1.50 bits per heavy atom. The second-order valence-corrected chi connectivity index (χ2v) is 3.89. The van der Waals surface area contributed by atoms with E-state index in [1.54, 1.807) is 12.1 Å². The Kier molecular flexibility index (Phi) is 2.20. The molecule has 0 atom stereocenters. The van der Waals surface area contributed by atoms with Crippen LogP contribution in [0.25, 0.3) is 10.1 Å². The average molecular weight is 207 g/mol. The molecule has 0 unspecified atom stereocenters. The Bertz CT molecular complexity index is 527. The molecule has 2 nitrogen and oxygen atoms in total. The molecule has 0 aliphatic heterocycles. The van der Waals surface area contributed by atoms with Gasteiger partial charge in [-0.05, 0) is 11.5 Å². The van der Waals surface area contributed by atoms with Gasteiger partial charge in [-0.2, -0.15) is 5.26 Å². The molecule has 0 aliphatic rings. The first-order valence-electron chi connectivity index (χ1n) is 3.98. The fraction of sp³-hybridized carbons (Fsp3) is 0.100. The van der Waals surface area contributed by atoms with E-state index in [0.717, 1.165) is 11.3 Å². The number of rotatable bonds is 1. The summed E-state index contributed by atoms with van der Waals surface area (Å²) in [6.07, 6.45) is 0. The molecule has 1 N–H and O–H groups in total. The maximum Gasteiger partial charge on any atom is 0.146 e. The molecule has 1 aromatic carbocycles. The SMILES string of the molecule is N#Cc1cc2ccc(CO)c(F)c2s1. The van der Waals surface area contributed by atoms with E-state index in [2.05, 4.69) is 0 Å². The number of halogens is 1. The molecule has 0 saturated carbocycles. The van der Waals surface area contributed by atoms with Crippen molar-refractivity contribution in [2.45, 2.75) is 6.61 Å². The van der Waals surface area contributed by atoms with Crippen molar-refractivity contribution >= 4 is 21.4 Å². The van der Waals surface area contributed by atoms with Gasteiger partial charge in [-0.1, -0.05) is 12.1 Å². The predicted octanol–water partition coefficient (Wildman–Crippen LogP) is 2.40. The molecule has 70 valence electrons. The summed E-state index contributed by atoms with van der Waals surface area (Å²) < 4.78 is 14.0. The first-order valence-corrected chi connectivity index (χ1v) is 4.80. The van der Waals surface area contributed by atoms with Crippen LogP contribution in [0.15, 0.2) is 18.2 Å². The van der Waals surface area contributed by atoms with E-state index in [1.807, 2.05) is 6.07 Å². The maximum absolute atomic E-state index is 13.6. The van der Waals surface area contributed by atoms with Crippen LogP contribution in [0.2, 0.25) is 0 Å². The van der Waals surface area contributed by atoms with Gasteiger partial charge < -0.3 is 5.11 Å². The largest absolute Gasteiger partial charge is 0.392 e. The molecular formula is C10H6FNOS. The summed E-state index contributed by atoms with van der Waals surface area (Å²) in [5.74, 6) is -0.420. The standard InChI is InChI=1S/C10H6FNOS/c11-9-7(5-13)2-1-6-3-8(4-12)14-10(6)9/h1-3,13H,5H2. The number of aliphatic hydroxyl groups is 1. The fourth-order valence-corrected chi connectivity index (χ4v) is 2.20. The number of fused-ring (bicyclic) bond motifs is 1. The third kappa shape index (κ3) is 1.27. The zero-order chi connectivity index (χ0) is 10.1. The van der Waals surface area contributed by atoms with Gasteiger partial charge in [0.05, 0.1) is 11.3 Å². The smallest absolute Gasteiger partial charge is 0.146 e. The van der Waals surface area contributed by atoms with Crippen molar-refractivity contribution in [1.82, 2.24) is 0 Å². The molecule has 1 aromatic heterocycles. The number of hydrogen-bond donors (Lipinski definition) is 1. The Morgan fingerprint density at radius 3 is 2.93 bits per heavy atom. The highest BCUT2D eigenvalue weighted by molar-refractivity contribution is 7.19. The molecule has 0 radical (unpaired) electrons. The molecule has 0 bridgehead atoms. The van der Waals surface area contributed by atoms with E-state index in [4.69, 9.17) is 10.4 Å². The quantitative estimate of drug-likeness (QED) is 0.780. The Hall–Kier alpha value is -1.44. The molecule has 0 aliphatic carbocycles. The second-order valence-electron chi connectivity index (χ2n) is 2.84. The number of aliphatic hydroxyl groups excluding tert-OH is 1. The van der Waals surface area contributed by atoms with Gasteiger partial charge in [0.25, 0.3) is 0 Å². The van der Waals surface area contributed by atoms with Crippen LogP contribution >= 0.6 is 11.3 Å². The fourth-order valence-electron chi connectivity index (χ4n) is 1.29. The molecule has 2 aromatic rings. The van der Waals surface area contributed by atoms with E-state index in [9.17, 15) is 4.39 Å². The van der Waals surface area contributed by atoms with Gasteiger partial charge in [0.1, 0.15) is 16.8 Å². The van der Waals surface area contributed by atoms with E-state index in [0.29, 0.717) is 15.0 Å². The molecule has 0 fully saturated rings. The molecule has 0 amide bonds. The van der Waals surface area contributed by atoms with Gasteiger partial charge >= 0.3 is 0 Å². The first-order chi connectivity index (χ1) is 6.76. The van der Waals surface area contributed by atoms with E-state index >= 15 is 0 Å². The van der Waals surface area contributed by atoms with Gasteiger partial charge in [-0.3, -0.25) is 0 Å². The summed E-state index contributed by atoms with van der Waals surface area (Å²) >= 11 is 1.11. The highest BCUT2D eigenvalue weighted by atomic mass is 32.1. The lowest BCUT2D eigenvalue weighted by atomic mass is 10.1. The Balaban J connectivity index is 2.76. The summed E-state index contributed by atoms with van der Waals surface area (Å²) in [4.78, 5) is 0.481. The van der Waals surface area contributed by atoms with Gasteiger partial charge in [-0.25, -0.2) is 4.39 Å². The van der Waals surface area contributed by atoms with Crippen molar-refractivity contribution in [1.29, 1.82) is 5.26 Å². The Morgan fingerprint density at radius 2 is 2.29 bits per heavy atom. The number of nitrogens with zero attached hydrogens (tertiary/aromatic N) is 1. The second kappa shape index (κ2) is 3.37. The van der Waals surface area contributed by atoms with Gasteiger partial charge in [0.2, 0.25) is 0 Å². The van der Waals surface area contributed by atoms with Crippen LogP contribution in [0.1, 0.15) is 10.4 Å². The van der Waals surface area contributed by atoms with Crippen molar-refractivity contribution < 1.29 is 9.50 Å². The minimum Gasteiger partial charge on any atom is -0.392 e. The molecular weight excluding hydrogens is 201 g/mol. The Labute approximate surface area is 83.8 Å². The summed E-state index contributed by atoms with van der Waals surface area (Å²) in [6, 6.07) is 6.86. The maximum atomic E-state index is 13.6. The average Bonchev–Trinajstić information content (AvgIpc) is 2.62. The topological polar surface area (TPSA) is 44.0 Å². The van der Waals surface area contributed by atoms with Crippen molar-refractivity contribution in [3.63, 3.8) is 0 Å². The highest BCUT2D eigenvalue weighted by Crippen LogP contribution is 2.29. The zero-order valence-electron chi connectivity index (χ0n) is 7.12. The van der Waals surface area contributed by atoms with Crippen molar-refractivity contribution in [2.75, 3.05) is 0 Å². The molecule has 1 heterocycles. The third-order valence-corrected chi connectivity index (χ3v) is 3.03. The normalized spacial score (nSPS) is 10.4. The van der Waals surface area contributed by atoms with Gasteiger partial charge in [-0.15, -0.1) is 11.3 Å².